The maximum atomic E-state index is 5.79. The third-order valence-electron chi connectivity index (χ3n) is 4.39. The zero-order chi connectivity index (χ0) is 16.1. The van der Waals surface area contributed by atoms with Gasteiger partial charge in [-0.2, -0.15) is 0 Å². The summed E-state index contributed by atoms with van der Waals surface area (Å²) in [5, 5.41) is 3.46. The molecule has 3 nitrogen and oxygen atoms in total. The molecule has 0 radical (unpaired) electrons. The molecule has 0 aliphatic carbocycles. The van der Waals surface area contributed by atoms with Crippen molar-refractivity contribution in [1.29, 1.82) is 0 Å². The van der Waals surface area contributed by atoms with Crippen LogP contribution < -0.4 is 10.1 Å². The molecular weight excluding hydrogens is 286 g/mol. The topological polar surface area (TPSA) is 30.5 Å². The third kappa shape index (κ3) is 4.49. The predicted octanol–water partition coefficient (Wildman–Crippen LogP) is 4.47. The number of hydrogen-bond donors (Lipinski definition) is 1. The highest BCUT2D eigenvalue weighted by Gasteiger charge is 2.15. The molecule has 1 unspecified atom stereocenters. The van der Waals surface area contributed by atoms with Gasteiger partial charge in [-0.15, -0.1) is 0 Å². The summed E-state index contributed by atoms with van der Waals surface area (Å²) in [5.41, 5.74) is 5.04. The van der Waals surface area contributed by atoms with Crippen molar-refractivity contribution < 1.29 is 9.47 Å². The minimum absolute atomic E-state index is 0.265. The Balaban J connectivity index is 1.49. The van der Waals surface area contributed by atoms with Crippen LogP contribution in [0.4, 0.5) is 5.69 Å². The average molecular weight is 311 g/mol. The van der Waals surface area contributed by atoms with Gasteiger partial charge in [0.1, 0.15) is 12.4 Å². The first kappa shape index (κ1) is 15.9. The van der Waals surface area contributed by atoms with Crippen LogP contribution in [0.2, 0.25) is 0 Å². The molecule has 2 aromatic rings. The lowest BCUT2D eigenvalue weighted by atomic mass is 10.1. The predicted molar refractivity (Wildman–Crippen MR) is 94.2 cm³/mol. The summed E-state index contributed by atoms with van der Waals surface area (Å²) in [6, 6.07) is 14.8. The SMILES string of the molecule is Cc1ccc(NCc2ccc(OCC3CCCO3)cc2)cc1C. The Morgan fingerprint density at radius 1 is 1.09 bits per heavy atom. The van der Waals surface area contributed by atoms with Crippen molar-refractivity contribution in [3.05, 3.63) is 59.2 Å². The first-order chi connectivity index (χ1) is 11.2. The van der Waals surface area contributed by atoms with Crippen molar-refractivity contribution in [2.45, 2.75) is 39.3 Å². The monoisotopic (exact) mass is 311 g/mol. The Morgan fingerprint density at radius 2 is 1.91 bits per heavy atom. The van der Waals surface area contributed by atoms with Gasteiger partial charge < -0.3 is 14.8 Å². The average Bonchev–Trinajstić information content (AvgIpc) is 3.08. The molecule has 1 aliphatic rings. The molecule has 23 heavy (non-hydrogen) atoms. The van der Waals surface area contributed by atoms with E-state index in [4.69, 9.17) is 9.47 Å². The van der Waals surface area contributed by atoms with E-state index in [0.29, 0.717) is 6.61 Å². The molecule has 1 saturated heterocycles. The van der Waals surface area contributed by atoms with Gasteiger partial charge in [-0.25, -0.2) is 0 Å². The zero-order valence-corrected chi connectivity index (χ0v) is 14.0. The first-order valence-corrected chi connectivity index (χ1v) is 8.35. The molecule has 122 valence electrons. The summed E-state index contributed by atoms with van der Waals surface area (Å²) in [7, 11) is 0. The summed E-state index contributed by atoms with van der Waals surface area (Å²) in [4.78, 5) is 0. The second kappa shape index (κ2) is 7.51. The maximum absolute atomic E-state index is 5.79. The maximum Gasteiger partial charge on any atom is 0.119 e. The minimum Gasteiger partial charge on any atom is -0.491 e. The molecule has 0 spiro atoms. The molecular formula is C20H25NO2. The van der Waals surface area contributed by atoms with Gasteiger partial charge in [0.25, 0.3) is 0 Å². The minimum atomic E-state index is 0.265. The molecule has 3 heteroatoms. The van der Waals surface area contributed by atoms with Crippen LogP contribution in [0.3, 0.4) is 0 Å². The molecule has 0 aromatic heterocycles. The Morgan fingerprint density at radius 3 is 2.61 bits per heavy atom. The Labute approximate surface area is 138 Å². The molecule has 1 heterocycles. The molecule has 1 atom stereocenters. The van der Waals surface area contributed by atoms with Gasteiger partial charge in [0, 0.05) is 18.8 Å². The lowest BCUT2D eigenvalue weighted by molar-refractivity contribution is 0.0679. The van der Waals surface area contributed by atoms with E-state index in [0.717, 1.165) is 37.4 Å². The summed E-state index contributed by atoms with van der Waals surface area (Å²) in [6.45, 7) is 6.61. The number of aryl methyl sites for hydroxylation is 2. The van der Waals surface area contributed by atoms with Crippen molar-refractivity contribution >= 4 is 5.69 Å². The summed E-state index contributed by atoms with van der Waals surface area (Å²) in [6.07, 6.45) is 2.52. The molecule has 1 fully saturated rings. The van der Waals surface area contributed by atoms with Gasteiger partial charge in [-0.05, 0) is 67.6 Å². The normalized spacial score (nSPS) is 17.2. The Kier molecular flexibility index (Phi) is 5.19. The number of anilines is 1. The van der Waals surface area contributed by atoms with Crippen LogP contribution in [-0.4, -0.2) is 19.3 Å². The van der Waals surface area contributed by atoms with Crippen molar-refractivity contribution in [3.8, 4) is 5.75 Å². The highest BCUT2D eigenvalue weighted by atomic mass is 16.5. The first-order valence-electron chi connectivity index (χ1n) is 8.35. The number of rotatable bonds is 6. The molecule has 2 aromatic carbocycles. The summed E-state index contributed by atoms with van der Waals surface area (Å²) in [5.74, 6) is 0.912. The fourth-order valence-electron chi connectivity index (χ4n) is 2.72. The van der Waals surface area contributed by atoms with Crippen LogP contribution in [0.5, 0.6) is 5.75 Å². The van der Waals surface area contributed by atoms with E-state index in [1.165, 1.54) is 16.7 Å². The van der Waals surface area contributed by atoms with Crippen molar-refractivity contribution in [2.75, 3.05) is 18.5 Å². The summed E-state index contributed by atoms with van der Waals surface area (Å²) >= 11 is 0. The summed E-state index contributed by atoms with van der Waals surface area (Å²) < 4.78 is 11.4. The standard InChI is InChI=1S/C20H25NO2/c1-15-5-8-18(12-16(15)2)21-13-17-6-9-19(10-7-17)23-14-20-4-3-11-22-20/h5-10,12,20-21H,3-4,11,13-14H2,1-2H3. The molecule has 0 saturated carbocycles. The lowest BCUT2D eigenvalue weighted by Gasteiger charge is -2.12. The van der Waals surface area contributed by atoms with E-state index in [2.05, 4.69) is 49.5 Å². The highest BCUT2D eigenvalue weighted by Crippen LogP contribution is 2.18. The Bertz CT molecular complexity index is 631. The smallest absolute Gasteiger partial charge is 0.119 e. The Hall–Kier alpha value is -2.00. The third-order valence-corrected chi connectivity index (χ3v) is 4.39. The van der Waals surface area contributed by atoms with Gasteiger partial charge in [0.15, 0.2) is 0 Å². The van der Waals surface area contributed by atoms with Crippen molar-refractivity contribution in [2.24, 2.45) is 0 Å². The van der Waals surface area contributed by atoms with Crippen molar-refractivity contribution in [1.82, 2.24) is 0 Å². The lowest BCUT2D eigenvalue weighted by Crippen LogP contribution is -2.16. The van der Waals surface area contributed by atoms with Crippen LogP contribution in [0.1, 0.15) is 29.5 Å². The quantitative estimate of drug-likeness (QED) is 0.853. The van der Waals surface area contributed by atoms with E-state index in [-0.39, 0.29) is 6.10 Å². The number of hydrogen-bond acceptors (Lipinski definition) is 3. The van der Waals surface area contributed by atoms with Gasteiger partial charge in [0.05, 0.1) is 6.10 Å². The molecule has 0 amide bonds. The van der Waals surface area contributed by atoms with E-state index in [1.807, 2.05) is 12.1 Å². The second-order valence-corrected chi connectivity index (χ2v) is 6.24. The number of benzene rings is 2. The molecule has 3 rings (SSSR count). The van der Waals surface area contributed by atoms with Gasteiger partial charge in [-0.1, -0.05) is 18.2 Å². The number of ether oxygens (including phenoxy) is 2. The second-order valence-electron chi connectivity index (χ2n) is 6.24. The fraction of sp³-hybridized carbons (Fsp3) is 0.400. The fourth-order valence-corrected chi connectivity index (χ4v) is 2.72. The van der Waals surface area contributed by atoms with E-state index in [1.54, 1.807) is 0 Å². The van der Waals surface area contributed by atoms with Crippen LogP contribution in [0.25, 0.3) is 0 Å². The van der Waals surface area contributed by atoms with E-state index in [9.17, 15) is 0 Å². The highest BCUT2D eigenvalue weighted by molar-refractivity contribution is 5.48. The largest absolute Gasteiger partial charge is 0.491 e. The number of nitrogens with one attached hydrogen (secondary N) is 1. The van der Waals surface area contributed by atoms with Gasteiger partial charge in [0.2, 0.25) is 0 Å². The van der Waals surface area contributed by atoms with E-state index < -0.39 is 0 Å². The molecule has 0 bridgehead atoms. The van der Waals surface area contributed by atoms with E-state index >= 15 is 0 Å². The van der Waals surface area contributed by atoms with Crippen LogP contribution in [0.15, 0.2) is 42.5 Å². The van der Waals surface area contributed by atoms with Crippen LogP contribution in [-0.2, 0) is 11.3 Å². The van der Waals surface area contributed by atoms with Crippen LogP contribution in [0, 0.1) is 13.8 Å². The van der Waals surface area contributed by atoms with Gasteiger partial charge in [-0.3, -0.25) is 0 Å². The van der Waals surface area contributed by atoms with Crippen molar-refractivity contribution in [3.63, 3.8) is 0 Å². The van der Waals surface area contributed by atoms with Crippen LogP contribution >= 0.6 is 0 Å². The zero-order valence-electron chi connectivity index (χ0n) is 14.0. The molecule has 1 aliphatic heterocycles. The molecule has 1 N–H and O–H groups in total. The van der Waals surface area contributed by atoms with Gasteiger partial charge >= 0.3 is 0 Å².